The van der Waals surface area contributed by atoms with Crippen LogP contribution in [0.4, 0.5) is 0 Å². The molecule has 0 N–H and O–H groups in total. The summed E-state index contributed by atoms with van der Waals surface area (Å²) in [5.74, 6) is 0. The van der Waals surface area contributed by atoms with Gasteiger partial charge in [-0.25, -0.2) is 0 Å². The summed E-state index contributed by atoms with van der Waals surface area (Å²) in [5.41, 5.74) is 3.81. The molecule has 3 aromatic rings. The third-order valence-corrected chi connectivity index (χ3v) is 3.94. The molecule has 3 nitrogen and oxygen atoms in total. The summed E-state index contributed by atoms with van der Waals surface area (Å²) in [6.45, 7) is 4.35. The highest BCUT2D eigenvalue weighted by Crippen LogP contribution is 2.19. The molecular weight excluding hydrogens is 328 g/mol. The van der Waals surface area contributed by atoms with Crippen LogP contribution < -0.4 is 5.56 Å². The van der Waals surface area contributed by atoms with E-state index in [9.17, 15) is 4.79 Å². The minimum absolute atomic E-state index is 0.0387. The van der Waals surface area contributed by atoms with Crippen molar-refractivity contribution in [2.24, 2.45) is 0 Å². The molecule has 0 saturated carbocycles. The lowest BCUT2D eigenvalue weighted by molar-refractivity contribution is 0.752. The molecule has 0 bridgehead atoms. The molecule has 0 spiro atoms. The predicted molar refractivity (Wildman–Crippen MR) is 88.7 cm³/mol. The van der Waals surface area contributed by atoms with Crippen LogP contribution in [0, 0.1) is 13.8 Å². The molecule has 2 aromatic heterocycles. The smallest absolute Gasteiger partial charge is 0.253 e. The van der Waals surface area contributed by atoms with Crippen LogP contribution in [-0.2, 0) is 6.54 Å². The van der Waals surface area contributed by atoms with Crippen LogP contribution in [0.5, 0.6) is 0 Å². The Morgan fingerprint density at radius 1 is 1.19 bits per heavy atom. The first-order valence-electron chi connectivity index (χ1n) is 6.76. The molecular formula is C17H15BrN2O. The fourth-order valence-electron chi connectivity index (χ4n) is 2.57. The predicted octanol–water partition coefficient (Wildman–Crippen LogP) is 3.82. The summed E-state index contributed by atoms with van der Waals surface area (Å²) in [6, 6.07) is 11.9. The van der Waals surface area contributed by atoms with Crippen LogP contribution >= 0.6 is 15.9 Å². The van der Waals surface area contributed by atoms with E-state index in [4.69, 9.17) is 0 Å². The van der Waals surface area contributed by atoms with E-state index in [0.717, 1.165) is 32.2 Å². The van der Waals surface area contributed by atoms with Gasteiger partial charge in [0.25, 0.3) is 5.56 Å². The van der Waals surface area contributed by atoms with Crippen molar-refractivity contribution >= 4 is 26.8 Å². The molecule has 0 atom stereocenters. The van der Waals surface area contributed by atoms with Crippen LogP contribution in [0.1, 0.15) is 16.8 Å². The molecule has 1 aromatic carbocycles. The Hall–Kier alpha value is -1.94. The van der Waals surface area contributed by atoms with Crippen LogP contribution in [0.15, 0.2) is 51.9 Å². The van der Waals surface area contributed by atoms with Gasteiger partial charge in [0, 0.05) is 27.3 Å². The van der Waals surface area contributed by atoms with Gasteiger partial charge in [-0.1, -0.05) is 18.2 Å². The number of rotatable bonds is 2. The van der Waals surface area contributed by atoms with E-state index in [1.807, 2.05) is 56.4 Å². The molecule has 106 valence electrons. The summed E-state index contributed by atoms with van der Waals surface area (Å²) in [6.07, 6.45) is 1.83. The van der Waals surface area contributed by atoms with Crippen molar-refractivity contribution in [2.45, 2.75) is 20.4 Å². The zero-order valence-corrected chi connectivity index (χ0v) is 13.5. The molecule has 0 aliphatic carbocycles. The minimum atomic E-state index is 0.0387. The Balaban J connectivity index is 2.17. The van der Waals surface area contributed by atoms with E-state index in [-0.39, 0.29) is 5.56 Å². The van der Waals surface area contributed by atoms with Gasteiger partial charge in [-0.05, 0) is 53.5 Å². The van der Waals surface area contributed by atoms with E-state index in [0.29, 0.717) is 6.54 Å². The van der Waals surface area contributed by atoms with E-state index in [1.54, 1.807) is 4.57 Å². The van der Waals surface area contributed by atoms with Gasteiger partial charge in [0.2, 0.25) is 0 Å². The van der Waals surface area contributed by atoms with Crippen molar-refractivity contribution in [3.05, 3.63) is 74.2 Å². The molecule has 0 aliphatic rings. The van der Waals surface area contributed by atoms with Crippen LogP contribution in [0.3, 0.4) is 0 Å². The fourth-order valence-corrected chi connectivity index (χ4v) is 3.16. The molecule has 3 rings (SSSR count). The fraction of sp³-hybridized carbons (Fsp3) is 0.176. The van der Waals surface area contributed by atoms with Gasteiger partial charge in [-0.15, -0.1) is 0 Å². The quantitative estimate of drug-likeness (QED) is 0.709. The van der Waals surface area contributed by atoms with Crippen LogP contribution in [-0.4, -0.2) is 9.55 Å². The molecule has 2 heterocycles. The highest BCUT2D eigenvalue weighted by atomic mass is 79.9. The lowest BCUT2D eigenvalue weighted by Crippen LogP contribution is -2.22. The van der Waals surface area contributed by atoms with Crippen molar-refractivity contribution < 1.29 is 0 Å². The Labute approximate surface area is 131 Å². The molecule has 0 amide bonds. The number of halogens is 1. The topological polar surface area (TPSA) is 34.9 Å². The second-order valence-electron chi connectivity index (χ2n) is 5.21. The first-order valence-corrected chi connectivity index (χ1v) is 7.56. The summed E-state index contributed by atoms with van der Waals surface area (Å²) in [7, 11) is 0. The minimum Gasteiger partial charge on any atom is -0.310 e. The number of fused-ring (bicyclic) bond motifs is 1. The highest BCUT2D eigenvalue weighted by molar-refractivity contribution is 9.10. The molecule has 4 heteroatoms. The number of hydrogen-bond acceptors (Lipinski definition) is 2. The van der Waals surface area contributed by atoms with Crippen molar-refractivity contribution in [1.29, 1.82) is 0 Å². The van der Waals surface area contributed by atoms with Gasteiger partial charge in [0.05, 0.1) is 12.1 Å². The van der Waals surface area contributed by atoms with Gasteiger partial charge in [-0.2, -0.15) is 0 Å². The van der Waals surface area contributed by atoms with Crippen molar-refractivity contribution in [3.63, 3.8) is 0 Å². The number of aryl methyl sites for hydroxylation is 2. The Morgan fingerprint density at radius 2 is 1.95 bits per heavy atom. The number of hydrogen-bond donors (Lipinski definition) is 0. The number of aromatic nitrogens is 2. The lowest BCUT2D eigenvalue weighted by atomic mass is 10.1. The van der Waals surface area contributed by atoms with E-state index in [1.165, 1.54) is 0 Å². The first-order chi connectivity index (χ1) is 10.0. The second-order valence-corrected chi connectivity index (χ2v) is 6.13. The van der Waals surface area contributed by atoms with Crippen molar-refractivity contribution in [2.75, 3.05) is 0 Å². The van der Waals surface area contributed by atoms with Gasteiger partial charge < -0.3 is 4.57 Å². The molecule has 21 heavy (non-hydrogen) atoms. The maximum absolute atomic E-state index is 12.3. The third-order valence-electron chi connectivity index (χ3n) is 3.50. The molecule has 0 radical (unpaired) electrons. The number of benzene rings is 1. The maximum Gasteiger partial charge on any atom is 0.253 e. The largest absolute Gasteiger partial charge is 0.310 e. The van der Waals surface area contributed by atoms with E-state index >= 15 is 0 Å². The number of pyridine rings is 2. The van der Waals surface area contributed by atoms with Gasteiger partial charge >= 0.3 is 0 Å². The lowest BCUT2D eigenvalue weighted by Gasteiger charge is -2.11. The number of para-hydroxylation sites is 1. The van der Waals surface area contributed by atoms with Crippen molar-refractivity contribution in [3.8, 4) is 0 Å². The summed E-state index contributed by atoms with van der Waals surface area (Å²) < 4.78 is 2.65. The summed E-state index contributed by atoms with van der Waals surface area (Å²) in [5, 5.41) is 1.09. The zero-order valence-electron chi connectivity index (χ0n) is 11.9. The first kappa shape index (κ1) is 14.0. The monoisotopic (exact) mass is 342 g/mol. The highest BCUT2D eigenvalue weighted by Gasteiger charge is 2.07. The summed E-state index contributed by atoms with van der Waals surface area (Å²) in [4.78, 5) is 16.8. The average Bonchev–Trinajstić information content (AvgIpc) is 2.44. The van der Waals surface area contributed by atoms with Crippen molar-refractivity contribution in [1.82, 2.24) is 9.55 Å². The van der Waals surface area contributed by atoms with E-state index < -0.39 is 0 Å². The standard InChI is InChI=1S/C17H15BrN2O/c1-11-7-14(18)10-20(17(11)21)9-13-8-12(2)19-16-6-4-3-5-15(13)16/h3-8,10H,9H2,1-2H3. The van der Waals surface area contributed by atoms with Crippen LogP contribution in [0.25, 0.3) is 10.9 Å². The average molecular weight is 343 g/mol. The Bertz CT molecular complexity index is 884. The molecule has 0 aliphatic heterocycles. The normalized spacial score (nSPS) is 11.0. The summed E-state index contributed by atoms with van der Waals surface area (Å²) >= 11 is 3.45. The number of nitrogens with zero attached hydrogens (tertiary/aromatic N) is 2. The molecule has 0 fully saturated rings. The Morgan fingerprint density at radius 3 is 2.76 bits per heavy atom. The zero-order chi connectivity index (χ0) is 15.0. The van der Waals surface area contributed by atoms with Gasteiger partial charge in [0.1, 0.15) is 0 Å². The van der Waals surface area contributed by atoms with Gasteiger partial charge in [0.15, 0.2) is 0 Å². The second kappa shape index (κ2) is 5.45. The Kier molecular flexibility index (Phi) is 3.64. The van der Waals surface area contributed by atoms with Gasteiger partial charge in [-0.3, -0.25) is 9.78 Å². The SMILES string of the molecule is Cc1cc(Cn2cc(Br)cc(C)c2=O)c2ccccc2n1. The van der Waals surface area contributed by atoms with E-state index in [2.05, 4.69) is 20.9 Å². The molecule has 0 saturated heterocycles. The third kappa shape index (κ3) is 2.76. The molecule has 0 unspecified atom stereocenters. The van der Waals surface area contributed by atoms with Crippen LogP contribution in [0.2, 0.25) is 0 Å². The maximum atomic E-state index is 12.3.